The summed E-state index contributed by atoms with van der Waals surface area (Å²) in [6.45, 7) is 3.22. The van der Waals surface area contributed by atoms with E-state index < -0.39 is 35.7 Å². The predicted octanol–water partition coefficient (Wildman–Crippen LogP) is -2.68. The highest BCUT2D eigenvalue weighted by Gasteiger charge is 2.33. The Morgan fingerprint density at radius 3 is 2.56 bits per heavy atom. The molecule has 0 aromatic rings. The highest BCUT2D eigenvalue weighted by molar-refractivity contribution is 6.38. The zero-order valence-electron chi connectivity index (χ0n) is 10.2. The highest BCUT2D eigenvalue weighted by Crippen LogP contribution is 2.00. The smallest absolute Gasteiger partial charge is 0.318 e. The number of amides is 4. The molecule has 4 amide bonds. The fourth-order valence-electron chi connectivity index (χ4n) is 1.43. The van der Waals surface area contributed by atoms with Gasteiger partial charge in [0.1, 0.15) is 6.04 Å². The number of carbonyl (C=O) groups is 4. The van der Waals surface area contributed by atoms with Gasteiger partial charge in [0.05, 0.1) is 6.04 Å². The molecule has 0 bridgehead atoms. The number of rotatable bonds is 3. The minimum atomic E-state index is -0.909. The second-order valence-corrected chi connectivity index (χ2v) is 4.07. The molecule has 1 aliphatic rings. The highest BCUT2D eigenvalue weighted by atomic mass is 16.2. The molecule has 0 spiro atoms. The molecular weight excluding hydrogens is 240 g/mol. The average Bonchev–Trinajstić information content (AvgIpc) is 2.31. The van der Waals surface area contributed by atoms with E-state index in [0.717, 1.165) is 4.90 Å². The molecule has 0 aliphatic carbocycles. The minimum absolute atomic E-state index is 0.0990. The van der Waals surface area contributed by atoms with E-state index in [-0.39, 0.29) is 13.1 Å². The zero-order chi connectivity index (χ0) is 13.9. The lowest BCUT2D eigenvalue weighted by Crippen LogP contribution is -2.59. The number of nitrogens with two attached hydrogens (primary N) is 1. The van der Waals surface area contributed by atoms with Crippen LogP contribution in [0.1, 0.15) is 13.8 Å². The third-order valence-electron chi connectivity index (χ3n) is 2.47. The van der Waals surface area contributed by atoms with Gasteiger partial charge in [0.2, 0.25) is 5.91 Å². The van der Waals surface area contributed by atoms with Crippen molar-refractivity contribution in [3.63, 3.8) is 0 Å². The normalized spacial score (nSPS) is 18.9. The Morgan fingerprint density at radius 1 is 1.39 bits per heavy atom. The summed E-state index contributed by atoms with van der Waals surface area (Å²) in [5.74, 6) is -2.85. The fraction of sp³-hybridized carbons (Fsp3) is 0.600. The van der Waals surface area contributed by atoms with Gasteiger partial charge < -0.3 is 16.4 Å². The van der Waals surface area contributed by atoms with E-state index in [9.17, 15) is 19.2 Å². The lowest BCUT2D eigenvalue weighted by Gasteiger charge is -2.27. The van der Waals surface area contributed by atoms with Crippen LogP contribution in [0, 0.1) is 0 Å². The van der Waals surface area contributed by atoms with E-state index in [1.807, 2.05) is 0 Å². The summed E-state index contributed by atoms with van der Waals surface area (Å²) in [4.78, 5) is 46.6. The molecule has 0 unspecified atom stereocenters. The largest absolute Gasteiger partial charge is 0.346 e. The van der Waals surface area contributed by atoms with Gasteiger partial charge in [0.25, 0.3) is 5.91 Å². The monoisotopic (exact) mass is 256 g/mol. The van der Waals surface area contributed by atoms with E-state index in [0.29, 0.717) is 0 Å². The van der Waals surface area contributed by atoms with Crippen molar-refractivity contribution in [2.45, 2.75) is 25.9 Å². The maximum Gasteiger partial charge on any atom is 0.318 e. The Labute approximate surface area is 104 Å². The van der Waals surface area contributed by atoms with E-state index in [4.69, 9.17) is 5.73 Å². The first-order chi connectivity index (χ1) is 8.34. The standard InChI is InChI=1S/C10H16N4O4/c1-5(11)7(15)13-6(2)9(17)14-4-3-12-8(16)10(14)18/h5-6H,3-4,11H2,1-2H3,(H,12,16)(H,13,15)/t5-,6-/m1/s1. The quantitative estimate of drug-likeness (QED) is 0.475. The Bertz CT molecular complexity index is 393. The fourth-order valence-corrected chi connectivity index (χ4v) is 1.43. The summed E-state index contributed by atoms with van der Waals surface area (Å²) in [7, 11) is 0. The molecule has 0 radical (unpaired) electrons. The van der Waals surface area contributed by atoms with Crippen LogP contribution in [-0.4, -0.2) is 53.7 Å². The van der Waals surface area contributed by atoms with Crippen molar-refractivity contribution in [2.24, 2.45) is 5.73 Å². The van der Waals surface area contributed by atoms with Crippen LogP contribution in [0.25, 0.3) is 0 Å². The van der Waals surface area contributed by atoms with Crippen LogP contribution in [0.5, 0.6) is 0 Å². The first kappa shape index (κ1) is 14.1. The maximum atomic E-state index is 11.9. The number of piperazine rings is 1. The molecule has 1 saturated heterocycles. The van der Waals surface area contributed by atoms with Crippen LogP contribution in [0.4, 0.5) is 0 Å². The number of nitrogens with one attached hydrogen (secondary N) is 2. The number of hydrogen-bond acceptors (Lipinski definition) is 5. The van der Waals surface area contributed by atoms with Crippen molar-refractivity contribution in [3.05, 3.63) is 0 Å². The SMILES string of the molecule is C[C@@H](N)C(=O)N[C@H](C)C(=O)N1CCNC(=O)C1=O. The van der Waals surface area contributed by atoms with E-state index in [1.54, 1.807) is 0 Å². The molecule has 100 valence electrons. The number of carbonyl (C=O) groups excluding carboxylic acids is 4. The average molecular weight is 256 g/mol. The van der Waals surface area contributed by atoms with Crippen LogP contribution in [-0.2, 0) is 19.2 Å². The van der Waals surface area contributed by atoms with Crippen molar-refractivity contribution >= 4 is 23.6 Å². The van der Waals surface area contributed by atoms with Crippen LogP contribution in [0.2, 0.25) is 0 Å². The van der Waals surface area contributed by atoms with Gasteiger partial charge in [-0.25, -0.2) is 0 Å². The Morgan fingerprint density at radius 2 is 2.00 bits per heavy atom. The first-order valence-corrected chi connectivity index (χ1v) is 5.54. The summed E-state index contributed by atoms with van der Waals surface area (Å²) < 4.78 is 0. The van der Waals surface area contributed by atoms with Gasteiger partial charge in [-0.15, -0.1) is 0 Å². The van der Waals surface area contributed by atoms with Crippen LogP contribution >= 0.6 is 0 Å². The van der Waals surface area contributed by atoms with Gasteiger partial charge in [-0.1, -0.05) is 0 Å². The zero-order valence-corrected chi connectivity index (χ0v) is 10.2. The van der Waals surface area contributed by atoms with Gasteiger partial charge >= 0.3 is 11.8 Å². The predicted molar refractivity (Wildman–Crippen MR) is 61.0 cm³/mol. The molecule has 2 atom stereocenters. The van der Waals surface area contributed by atoms with Crippen molar-refractivity contribution in [3.8, 4) is 0 Å². The van der Waals surface area contributed by atoms with Gasteiger partial charge in [-0.2, -0.15) is 0 Å². The molecule has 0 aromatic heterocycles. The maximum absolute atomic E-state index is 11.9. The molecule has 1 fully saturated rings. The third kappa shape index (κ3) is 3.04. The van der Waals surface area contributed by atoms with Gasteiger partial charge in [-0.05, 0) is 13.8 Å². The minimum Gasteiger partial charge on any atom is -0.346 e. The molecule has 0 aromatic carbocycles. The topological polar surface area (TPSA) is 122 Å². The Kier molecular flexibility index (Phi) is 4.38. The summed E-state index contributed by atoms with van der Waals surface area (Å²) in [5.41, 5.74) is 5.34. The molecule has 4 N–H and O–H groups in total. The van der Waals surface area contributed by atoms with Crippen molar-refractivity contribution in [1.82, 2.24) is 15.5 Å². The second-order valence-electron chi connectivity index (χ2n) is 4.07. The Balaban J connectivity index is 2.66. The lowest BCUT2D eigenvalue weighted by atomic mass is 10.2. The molecule has 1 aliphatic heterocycles. The van der Waals surface area contributed by atoms with Gasteiger partial charge in [0.15, 0.2) is 0 Å². The third-order valence-corrected chi connectivity index (χ3v) is 2.47. The van der Waals surface area contributed by atoms with E-state index in [1.165, 1.54) is 13.8 Å². The van der Waals surface area contributed by atoms with Crippen molar-refractivity contribution in [2.75, 3.05) is 13.1 Å². The van der Waals surface area contributed by atoms with Crippen LogP contribution < -0.4 is 16.4 Å². The first-order valence-electron chi connectivity index (χ1n) is 5.54. The number of imide groups is 1. The molecular formula is C10H16N4O4. The summed E-state index contributed by atoms with van der Waals surface area (Å²) in [5, 5.41) is 4.70. The number of hydrogen-bond donors (Lipinski definition) is 3. The molecule has 18 heavy (non-hydrogen) atoms. The lowest BCUT2D eigenvalue weighted by molar-refractivity contribution is -0.155. The van der Waals surface area contributed by atoms with Crippen molar-refractivity contribution < 1.29 is 19.2 Å². The van der Waals surface area contributed by atoms with Gasteiger partial charge in [0, 0.05) is 13.1 Å². The van der Waals surface area contributed by atoms with E-state index >= 15 is 0 Å². The Hall–Kier alpha value is -1.96. The molecule has 1 rings (SSSR count). The summed E-state index contributed by atoms with van der Waals surface area (Å²) >= 11 is 0. The van der Waals surface area contributed by atoms with Crippen LogP contribution in [0.3, 0.4) is 0 Å². The van der Waals surface area contributed by atoms with Gasteiger partial charge in [-0.3, -0.25) is 24.1 Å². The number of nitrogens with zero attached hydrogens (tertiary/aromatic N) is 1. The molecule has 1 heterocycles. The molecule has 0 saturated carbocycles. The summed E-state index contributed by atoms with van der Waals surface area (Å²) in [6, 6.07) is -1.65. The summed E-state index contributed by atoms with van der Waals surface area (Å²) in [6.07, 6.45) is 0. The molecule has 8 nitrogen and oxygen atoms in total. The van der Waals surface area contributed by atoms with E-state index in [2.05, 4.69) is 10.6 Å². The van der Waals surface area contributed by atoms with Crippen molar-refractivity contribution in [1.29, 1.82) is 0 Å². The second kappa shape index (κ2) is 5.58. The molecule has 8 heteroatoms. The van der Waals surface area contributed by atoms with Crippen LogP contribution in [0.15, 0.2) is 0 Å².